The van der Waals surface area contributed by atoms with Gasteiger partial charge in [0, 0.05) is 17.6 Å². The molecule has 5 heteroatoms. The van der Waals surface area contributed by atoms with Gasteiger partial charge in [0.2, 0.25) is 0 Å². The van der Waals surface area contributed by atoms with Crippen LogP contribution in [0.15, 0.2) is 44.0 Å². The Labute approximate surface area is 134 Å². The van der Waals surface area contributed by atoms with Crippen LogP contribution in [0, 0.1) is 0 Å². The lowest BCUT2D eigenvalue weighted by molar-refractivity contribution is 0.233. The van der Waals surface area contributed by atoms with Crippen LogP contribution in [0.4, 0.5) is 0 Å². The topological polar surface area (TPSA) is 12.5 Å². The van der Waals surface area contributed by atoms with E-state index in [0.717, 1.165) is 23.3 Å². The van der Waals surface area contributed by atoms with Crippen LogP contribution < -0.4 is 4.74 Å². The van der Waals surface area contributed by atoms with Crippen LogP contribution in [0.3, 0.4) is 0 Å². The maximum atomic E-state index is 5.72. The molecule has 0 saturated heterocycles. The van der Waals surface area contributed by atoms with Gasteiger partial charge in [-0.3, -0.25) is 4.90 Å². The van der Waals surface area contributed by atoms with E-state index in [2.05, 4.69) is 55.3 Å². The summed E-state index contributed by atoms with van der Waals surface area (Å²) in [5.74, 6) is 0.904. The van der Waals surface area contributed by atoms with Crippen molar-refractivity contribution in [2.45, 2.75) is 6.54 Å². The normalized spacial score (nSPS) is 10.9. The Balaban J connectivity index is 1.73. The molecule has 0 spiro atoms. The fraction of sp³-hybridized carbons (Fsp3) is 0.286. The summed E-state index contributed by atoms with van der Waals surface area (Å²) in [6, 6.07) is 10.1. The molecule has 0 aliphatic rings. The van der Waals surface area contributed by atoms with Gasteiger partial charge in [-0.1, -0.05) is 22.0 Å². The number of nitrogens with zero attached hydrogens (tertiary/aromatic N) is 1. The average molecular weight is 405 g/mol. The lowest BCUT2D eigenvalue weighted by Crippen LogP contribution is -2.23. The minimum absolute atomic E-state index is 0.693. The van der Waals surface area contributed by atoms with Crippen molar-refractivity contribution in [3.63, 3.8) is 0 Å². The Morgan fingerprint density at radius 3 is 2.79 bits per heavy atom. The third-order valence-electron chi connectivity index (χ3n) is 2.61. The van der Waals surface area contributed by atoms with Gasteiger partial charge in [-0.05, 0) is 58.2 Å². The lowest BCUT2D eigenvalue weighted by Gasteiger charge is -2.16. The van der Waals surface area contributed by atoms with Gasteiger partial charge in [-0.2, -0.15) is 0 Å². The first-order valence-electron chi connectivity index (χ1n) is 5.93. The zero-order chi connectivity index (χ0) is 13.7. The van der Waals surface area contributed by atoms with Gasteiger partial charge in [0.15, 0.2) is 0 Å². The molecule has 0 fully saturated rings. The van der Waals surface area contributed by atoms with Crippen molar-refractivity contribution >= 4 is 43.2 Å². The second-order valence-electron chi connectivity index (χ2n) is 4.30. The lowest BCUT2D eigenvalue weighted by atomic mass is 10.3. The quantitative estimate of drug-likeness (QED) is 0.686. The van der Waals surface area contributed by atoms with E-state index in [1.807, 2.05) is 24.3 Å². The highest BCUT2D eigenvalue weighted by molar-refractivity contribution is 9.11. The Morgan fingerprint density at radius 1 is 1.26 bits per heavy atom. The monoisotopic (exact) mass is 403 g/mol. The molecule has 1 heterocycles. The van der Waals surface area contributed by atoms with E-state index in [4.69, 9.17) is 4.74 Å². The molecule has 0 aliphatic carbocycles. The summed E-state index contributed by atoms with van der Waals surface area (Å²) >= 11 is 8.64. The van der Waals surface area contributed by atoms with Crippen molar-refractivity contribution in [1.82, 2.24) is 4.90 Å². The van der Waals surface area contributed by atoms with Crippen molar-refractivity contribution in [3.05, 3.63) is 49.5 Å². The highest BCUT2D eigenvalue weighted by Crippen LogP contribution is 2.21. The van der Waals surface area contributed by atoms with E-state index < -0.39 is 0 Å². The standard InChI is InChI=1S/C14H15Br2NOS/c1-17(9-11-7-14(16)19-10-11)5-6-18-13-4-2-3-12(15)8-13/h2-4,7-8,10H,5-6,9H2,1H3. The molecule has 0 amide bonds. The van der Waals surface area contributed by atoms with E-state index in [9.17, 15) is 0 Å². The zero-order valence-electron chi connectivity index (χ0n) is 10.6. The molecule has 1 aromatic carbocycles. The molecule has 0 saturated carbocycles. The summed E-state index contributed by atoms with van der Waals surface area (Å²) in [5, 5.41) is 2.18. The fourth-order valence-corrected chi connectivity index (χ4v) is 3.27. The molecule has 0 N–H and O–H groups in total. The van der Waals surface area contributed by atoms with E-state index in [-0.39, 0.29) is 0 Å². The Kier molecular flexibility index (Phi) is 5.88. The van der Waals surface area contributed by atoms with Crippen LogP contribution in [0.25, 0.3) is 0 Å². The summed E-state index contributed by atoms with van der Waals surface area (Å²) in [6.45, 7) is 2.54. The predicted molar refractivity (Wildman–Crippen MR) is 88.0 cm³/mol. The molecule has 1 aromatic heterocycles. The molecular formula is C14H15Br2NOS. The predicted octanol–water partition coefficient (Wildman–Crippen LogP) is 4.78. The van der Waals surface area contributed by atoms with Crippen molar-refractivity contribution in [2.24, 2.45) is 0 Å². The van der Waals surface area contributed by atoms with Crippen LogP contribution in [0.1, 0.15) is 5.56 Å². The van der Waals surface area contributed by atoms with Crippen molar-refractivity contribution in [2.75, 3.05) is 20.2 Å². The van der Waals surface area contributed by atoms with E-state index >= 15 is 0 Å². The number of benzene rings is 1. The van der Waals surface area contributed by atoms with Crippen LogP contribution in [0.2, 0.25) is 0 Å². The van der Waals surface area contributed by atoms with Crippen LogP contribution in [-0.2, 0) is 6.54 Å². The SMILES string of the molecule is CN(CCOc1cccc(Br)c1)Cc1csc(Br)c1. The Morgan fingerprint density at radius 2 is 2.11 bits per heavy atom. The molecular weight excluding hydrogens is 390 g/mol. The van der Waals surface area contributed by atoms with Gasteiger partial charge in [0.05, 0.1) is 3.79 Å². The average Bonchev–Trinajstić information content (AvgIpc) is 2.75. The number of hydrogen-bond acceptors (Lipinski definition) is 3. The van der Waals surface area contributed by atoms with E-state index in [1.165, 1.54) is 9.35 Å². The van der Waals surface area contributed by atoms with E-state index in [0.29, 0.717) is 6.61 Å². The first-order chi connectivity index (χ1) is 9.13. The second kappa shape index (κ2) is 7.43. The largest absolute Gasteiger partial charge is 0.492 e. The van der Waals surface area contributed by atoms with Crippen LogP contribution in [0.5, 0.6) is 5.75 Å². The number of rotatable bonds is 6. The third kappa shape index (κ3) is 5.26. The molecule has 0 bridgehead atoms. The number of thiophene rings is 1. The molecule has 102 valence electrons. The van der Waals surface area contributed by atoms with Gasteiger partial charge >= 0.3 is 0 Å². The van der Waals surface area contributed by atoms with Gasteiger partial charge in [0.1, 0.15) is 12.4 Å². The van der Waals surface area contributed by atoms with E-state index in [1.54, 1.807) is 11.3 Å². The van der Waals surface area contributed by atoms with Crippen LogP contribution >= 0.6 is 43.2 Å². The highest BCUT2D eigenvalue weighted by atomic mass is 79.9. The molecule has 0 atom stereocenters. The summed E-state index contributed by atoms with van der Waals surface area (Å²) in [6.07, 6.45) is 0. The fourth-order valence-electron chi connectivity index (χ4n) is 1.70. The van der Waals surface area contributed by atoms with Crippen molar-refractivity contribution < 1.29 is 4.74 Å². The van der Waals surface area contributed by atoms with Crippen LogP contribution in [-0.4, -0.2) is 25.1 Å². The Bertz CT molecular complexity index is 530. The number of hydrogen-bond donors (Lipinski definition) is 0. The molecule has 2 nitrogen and oxygen atoms in total. The second-order valence-corrected chi connectivity index (χ2v) is 7.51. The molecule has 19 heavy (non-hydrogen) atoms. The summed E-state index contributed by atoms with van der Waals surface area (Å²) in [4.78, 5) is 2.26. The third-order valence-corrected chi connectivity index (χ3v) is 4.66. The first-order valence-corrected chi connectivity index (χ1v) is 8.40. The van der Waals surface area contributed by atoms with Crippen molar-refractivity contribution in [1.29, 1.82) is 0 Å². The maximum Gasteiger partial charge on any atom is 0.120 e. The summed E-state index contributed by atoms with van der Waals surface area (Å²) in [7, 11) is 2.11. The summed E-state index contributed by atoms with van der Waals surface area (Å²) < 4.78 is 7.95. The minimum atomic E-state index is 0.693. The van der Waals surface area contributed by atoms with Gasteiger partial charge < -0.3 is 4.74 Å². The molecule has 0 radical (unpaired) electrons. The zero-order valence-corrected chi connectivity index (χ0v) is 14.6. The molecule has 2 aromatic rings. The smallest absolute Gasteiger partial charge is 0.120 e. The number of halogens is 2. The minimum Gasteiger partial charge on any atom is -0.492 e. The molecule has 0 unspecified atom stereocenters. The molecule has 2 rings (SSSR count). The first kappa shape index (κ1) is 15.0. The highest BCUT2D eigenvalue weighted by Gasteiger charge is 2.03. The van der Waals surface area contributed by atoms with Gasteiger partial charge in [0.25, 0.3) is 0 Å². The Hall–Kier alpha value is -0.360. The summed E-state index contributed by atoms with van der Waals surface area (Å²) in [5.41, 5.74) is 1.34. The molecule has 0 aliphatic heterocycles. The van der Waals surface area contributed by atoms with Gasteiger partial charge in [-0.25, -0.2) is 0 Å². The van der Waals surface area contributed by atoms with Crippen molar-refractivity contribution in [3.8, 4) is 5.75 Å². The number of ether oxygens (including phenoxy) is 1. The maximum absolute atomic E-state index is 5.72. The van der Waals surface area contributed by atoms with Gasteiger partial charge in [-0.15, -0.1) is 11.3 Å². The number of likely N-dealkylation sites (N-methyl/N-ethyl adjacent to an activating group) is 1.